The standard InChI is InChI=1S/C12H20N4O3/c1-2-9(8-11(17)18)16-12(19)15-5-3-4-10-13-6-7-14-10/h6-7,9H,2-5,8H2,1H3,(H,13,14)(H,17,18)(H2,15,16,19). The molecule has 1 unspecified atom stereocenters. The zero-order valence-corrected chi connectivity index (χ0v) is 11.0. The lowest BCUT2D eigenvalue weighted by molar-refractivity contribution is -0.137. The number of amides is 2. The molecule has 1 atom stereocenters. The van der Waals surface area contributed by atoms with Gasteiger partial charge in [-0.1, -0.05) is 6.92 Å². The van der Waals surface area contributed by atoms with Gasteiger partial charge in [0.1, 0.15) is 5.82 Å². The van der Waals surface area contributed by atoms with Crippen LogP contribution in [0.1, 0.15) is 32.0 Å². The number of aliphatic carboxylic acids is 1. The Morgan fingerprint density at radius 2 is 2.32 bits per heavy atom. The number of hydrogen-bond donors (Lipinski definition) is 4. The number of carbonyl (C=O) groups excluding carboxylic acids is 1. The molecule has 0 spiro atoms. The second kappa shape index (κ2) is 8.12. The highest BCUT2D eigenvalue weighted by Gasteiger charge is 2.13. The quantitative estimate of drug-likeness (QED) is 0.525. The largest absolute Gasteiger partial charge is 0.481 e. The fourth-order valence-corrected chi connectivity index (χ4v) is 1.64. The molecule has 7 nitrogen and oxygen atoms in total. The molecule has 0 aliphatic heterocycles. The van der Waals surface area contributed by atoms with Gasteiger partial charge in [0.05, 0.1) is 6.42 Å². The molecule has 0 fully saturated rings. The number of nitrogens with zero attached hydrogens (tertiary/aromatic N) is 1. The van der Waals surface area contributed by atoms with Gasteiger partial charge in [0.25, 0.3) is 0 Å². The first kappa shape index (κ1) is 15.0. The summed E-state index contributed by atoms with van der Waals surface area (Å²) in [7, 11) is 0. The van der Waals surface area contributed by atoms with Gasteiger partial charge in [-0.15, -0.1) is 0 Å². The van der Waals surface area contributed by atoms with Crippen molar-refractivity contribution in [2.24, 2.45) is 0 Å². The molecule has 4 N–H and O–H groups in total. The van der Waals surface area contributed by atoms with Gasteiger partial charge in [0.2, 0.25) is 0 Å². The van der Waals surface area contributed by atoms with Crippen LogP contribution in [0.25, 0.3) is 0 Å². The van der Waals surface area contributed by atoms with Crippen molar-refractivity contribution in [2.75, 3.05) is 6.54 Å². The van der Waals surface area contributed by atoms with Gasteiger partial charge in [-0.2, -0.15) is 0 Å². The number of carboxylic acid groups (broad SMARTS) is 1. The van der Waals surface area contributed by atoms with E-state index in [0.717, 1.165) is 18.7 Å². The van der Waals surface area contributed by atoms with E-state index < -0.39 is 5.97 Å². The SMILES string of the molecule is CCC(CC(=O)O)NC(=O)NCCCc1ncc[nH]1. The number of nitrogens with one attached hydrogen (secondary N) is 3. The van der Waals surface area contributed by atoms with Gasteiger partial charge >= 0.3 is 12.0 Å². The van der Waals surface area contributed by atoms with E-state index in [2.05, 4.69) is 20.6 Å². The first-order chi connectivity index (χ1) is 9.11. The van der Waals surface area contributed by atoms with E-state index in [9.17, 15) is 9.59 Å². The minimum Gasteiger partial charge on any atom is -0.481 e. The summed E-state index contributed by atoms with van der Waals surface area (Å²) < 4.78 is 0. The molecular formula is C12H20N4O3. The second-order valence-corrected chi connectivity index (χ2v) is 4.24. The van der Waals surface area contributed by atoms with Crippen molar-refractivity contribution < 1.29 is 14.7 Å². The molecule has 106 valence electrons. The lowest BCUT2D eigenvalue weighted by atomic mass is 10.1. The summed E-state index contributed by atoms with van der Waals surface area (Å²) in [6, 6.07) is -0.657. The Morgan fingerprint density at radius 1 is 1.53 bits per heavy atom. The lowest BCUT2D eigenvalue weighted by Crippen LogP contribution is -2.43. The van der Waals surface area contributed by atoms with Gasteiger partial charge in [0.15, 0.2) is 0 Å². The molecule has 2 amide bonds. The van der Waals surface area contributed by atoms with Crippen molar-refractivity contribution in [1.29, 1.82) is 0 Å². The molecule has 0 saturated carbocycles. The molecular weight excluding hydrogens is 248 g/mol. The summed E-state index contributed by atoms with van der Waals surface area (Å²) in [5.74, 6) is -0.0236. The maximum atomic E-state index is 11.5. The van der Waals surface area contributed by atoms with Crippen LogP contribution in [0.2, 0.25) is 0 Å². The van der Waals surface area contributed by atoms with Gasteiger partial charge in [0, 0.05) is 31.4 Å². The number of carbonyl (C=O) groups is 2. The monoisotopic (exact) mass is 268 g/mol. The molecule has 0 aliphatic rings. The van der Waals surface area contributed by atoms with Crippen LogP contribution in [0.3, 0.4) is 0 Å². The Balaban J connectivity index is 2.14. The number of aromatic amines is 1. The average molecular weight is 268 g/mol. The fourth-order valence-electron chi connectivity index (χ4n) is 1.64. The zero-order valence-electron chi connectivity index (χ0n) is 11.0. The summed E-state index contributed by atoms with van der Waals surface area (Å²) in [5, 5.41) is 14.0. The van der Waals surface area contributed by atoms with Crippen molar-refractivity contribution in [3.63, 3.8) is 0 Å². The summed E-state index contributed by atoms with van der Waals surface area (Å²) in [5.41, 5.74) is 0. The van der Waals surface area contributed by atoms with Crippen molar-refractivity contribution in [3.05, 3.63) is 18.2 Å². The molecule has 0 aromatic carbocycles. The number of aryl methyl sites for hydroxylation is 1. The first-order valence-corrected chi connectivity index (χ1v) is 6.36. The number of aromatic nitrogens is 2. The van der Waals surface area contributed by atoms with E-state index >= 15 is 0 Å². The van der Waals surface area contributed by atoms with Crippen LogP contribution in [0, 0.1) is 0 Å². The summed E-state index contributed by atoms with van der Waals surface area (Å²) in [6.07, 6.45) is 5.51. The third-order valence-corrected chi connectivity index (χ3v) is 2.68. The topological polar surface area (TPSA) is 107 Å². The fraction of sp³-hybridized carbons (Fsp3) is 0.583. The molecule has 1 aromatic rings. The van der Waals surface area contributed by atoms with Crippen LogP contribution < -0.4 is 10.6 Å². The molecule has 0 saturated heterocycles. The number of carboxylic acids is 1. The minimum atomic E-state index is -0.912. The average Bonchev–Trinajstić information content (AvgIpc) is 2.86. The van der Waals surface area contributed by atoms with E-state index in [4.69, 9.17) is 5.11 Å². The van der Waals surface area contributed by atoms with Crippen molar-refractivity contribution in [1.82, 2.24) is 20.6 Å². The predicted octanol–water partition coefficient (Wildman–Crippen LogP) is 0.895. The molecule has 1 heterocycles. The van der Waals surface area contributed by atoms with Crippen LogP contribution in [-0.2, 0) is 11.2 Å². The van der Waals surface area contributed by atoms with Crippen molar-refractivity contribution in [3.8, 4) is 0 Å². The zero-order chi connectivity index (χ0) is 14.1. The molecule has 0 radical (unpaired) electrons. The Labute approximate surface area is 111 Å². The van der Waals surface area contributed by atoms with Crippen LogP contribution in [0.15, 0.2) is 12.4 Å². The Bertz CT molecular complexity index is 392. The van der Waals surface area contributed by atoms with Gasteiger partial charge in [-0.25, -0.2) is 9.78 Å². The molecule has 1 aromatic heterocycles. The number of hydrogen-bond acceptors (Lipinski definition) is 3. The summed E-state index contributed by atoms with van der Waals surface area (Å²) >= 11 is 0. The highest BCUT2D eigenvalue weighted by Crippen LogP contribution is 1.97. The Morgan fingerprint density at radius 3 is 2.89 bits per heavy atom. The van der Waals surface area contributed by atoms with E-state index in [1.165, 1.54) is 0 Å². The van der Waals surface area contributed by atoms with Gasteiger partial charge in [-0.3, -0.25) is 4.79 Å². The summed E-state index contributed by atoms with van der Waals surface area (Å²) in [6.45, 7) is 2.36. The number of H-pyrrole nitrogens is 1. The normalized spacial score (nSPS) is 11.8. The van der Waals surface area contributed by atoms with Crippen LogP contribution in [-0.4, -0.2) is 39.7 Å². The van der Waals surface area contributed by atoms with E-state index in [1.807, 2.05) is 6.92 Å². The van der Waals surface area contributed by atoms with Gasteiger partial charge in [-0.05, 0) is 12.8 Å². The smallest absolute Gasteiger partial charge is 0.315 e. The van der Waals surface area contributed by atoms with E-state index in [0.29, 0.717) is 13.0 Å². The molecule has 0 aliphatic carbocycles. The highest BCUT2D eigenvalue weighted by molar-refractivity contribution is 5.75. The van der Waals surface area contributed by atoms with Crippen molar-refractivity contribution in [2.45, 2.75) is 38.6 Å². The third-order valence-electron chi connectivity index (χ3n) is 2.68. The number of rotatable bonds is 8. The maximum absolute atomic E-state index is 11.5. The number of imidazole rings is 1. The molecule has 7 heteroatoms. The van der Waals surface area contributed by atoms with Crippen LogP contribution >= 0.6 is 0 Å². The third kappa shape index (κ3) is 6.44. The van der Waals surface area contributed by atoms with Crippen LogP contribution in [0.4, 0.5) is 4.79 Å². The molecule has 1 rings (SSSR count). The number of urea groups is 1. The second-order valence-electron chi connectivity index (χ2n) is 4.24. The first-order valence-electron chi connectivity index (χ1n) is 6.36. The molecule has 0 bridgehead atoms. The van der Waals surface area contributed by atoms with E-state index in [1.54, 1.807) is 12.4 Å². The highest BCUT2D eigenvalue weighted by atomic mass is 16.4. The Hall–Kier alpha value is -2.05. The minimum absolute atomic E-state index is 0.0592. The van der Waals surface area contributed by atoms with Gasteiger partial charge < -0.3 is 20.7 Å². The summed E-state index contributed by atoms with van der Waals surface area (Å²) in [4.78, 5) is 29.1. The van der Waals surface area contributed by atoms with Crippen LogP contribution in [0.5, 0.6) is 0 Å². The molecule has 19 heavy (non-hydrogen) atoms. The lowest BCUT2D eigenvalue weighted by Gasteiger charge is -2.15. The predicted molar refractivity (Wildman–Crippen MR) is 69.8 cm³/mol. The maximum Gasteiger partial charge on any atom is 0.315 e. The van der Waals surface area contributed by atoms with Crippen molar-refractivity contribution >= 4 is 12.0 Å². The van der Waals surface area contributed by atoms with E-state index in [-0.39, 0.29) is 18.5 Å². The Kier molecular flexibility index (Phi) is 6.42.